The number of carbonyl (C=O) groups is 1. The molecule has 1 N–H and O–H groups in total. The van der Waals surface area contributed by atoms with Crippen LogP contribution in [0.2, 0.25) is 5.02 Å². The van der Waals surface area contributed by atoms with Crippen LogP contribution in [0.25, 0.3) is 0 Å². The summed E-state index contributed by atoms with van der Waals surface area (Å²) in [5.74, 6) is -0.211. The summed E-state index contributed by atoms with van der Waals surface area (Å²) in [4.78, 5) is 16.7. The van der Waals surface area contributed by atoms with E-state index < -0.39 is 27.0 Å². The van der Waals surface area contributed by atoms with Gasteiger partial charge in [-0.05, 0) is 49.2 Å². The lowest BCUT2D eigenvalue weighted by atomic mass is 10.1. The van der Waals surface area contributed by atoms with Crippen LogP contribution < -0.4 is 10.1 Å². The Balaban J connectivity index is 1.61. The van der Waals surface area contributed by atoms with Crippen molar-refractivity contribution in [2.75, 3.05) is 5.32 Å². The van der Waals surface area contributed by atoms with Gasteiger partial charge in [0.2, 0.25) is 11.2 Å². The Bertz CT molecular complexity index is 1160. The van der Waals surface area contributed by atoms with Crippen LogP contribution in [0.3, 0.4) is 0 Å². The van der Waals surface area contributed by atoms with E-state index in [1.165, 1.54) is 24.3 Å². The minimum absolute atomic E-state index is 0.0372. The minimum atomic E-state index is -3.35. The molecule has 1 fully saturated rings. The zero-order valence-corrected chi connectivity index (χ0v) is 17.7. The van der Waals surface area contributed by atoms with Gasteiger partial charge >= 0.3 is 0 Å². The summed E-state index contributed by atoms with van der Waals surface area (Å²) in [6, 6.07) is 12.4. The summed E-state index contributed by atoms with van der Waals surface area (Å²) in [7, 11) is -3.35. The molecule has 1 saturated carbocycles. The number of hydrogen-bond donors (Lipinski definition) is 1. The molecule has 1 aliphatic rings. The molecule has 1 aliphatic carbocycles. The number of benzene rings is 2. The van der Waals surface area contributed by atoms with Crippen molar-refractivity contribution in [3.05, 3.63) is 70.4 Å². The van der Waals surface area contributed by atoms with Crippen LogP contribution in [0.4, 0.5) is 9.52 Å². The summed E-state index contributed by atoms with van der Waals surface area (Å²) >= 11 is 6.53. The number of ether oxygens (including phenoxy) is 1. The molecule has 1 unspecified atom stereocenters. The van der Waals surface area contributed by atoms with Crippen LogP contribution in [0.5, 0.6) is 5.75 Å². The Morgan fingerprint density at radius 2 is 1.87 bits per heavy atom. The number of rotatable bonds is 7. The van der Waals surface area contributed by atoms with Crippen molar-refractivity contribution in [1.82, 2.24) is 4.98 Å². The van der Waals surface area contributed by atoms with Crippen molar-refractivity contribution in [2.24, 2.45) is 0 Å². The number of hydrogen-bond acceptors (Lipinski definition) is 6. The van der Waals surface area contributed by atoms with Crippen molar-refractivity contribution in [3.63, 3.8) is 0 Å². The van der Waals surface area contributed by atoms with Gasteiger partial charge in [-0.15, -0.1) is 0 Å². The fraction of sp³-hybridized carbons (Fsp3) is 0.200. The Kier molecular flexibility index (Phi) is 5.77. The van der Waals surface area contributed by atoms with Crippen LogP contribution in [-0.4, -0.2) is 24.6 Å². The third-order valence-electron chi connectivity index (χ3n) is 4.44. The maximum atomic E-state index is 13.2. The molecule has 1 heterocycles. The molecule has 0 aliphatic heterocycles. The molecular formula is C20H15ClFN2O4S2. The molecule has 1 amide bonds. The topological polar surface area (TPSA) is 85.4 Å². The second kappa shape index (κ2) is 8.33. The average Bonchev–Trinajstić information content (AvgIpc) is 3.51. The first-order valence-corrected chi connectivity index (χ1v) is 11.7. The number of halogens is 2. The zero-order chi connectivity index (χ0) is 21.3. The normalized spacial score (nSPS) is 14.9. The highest BCUT2D eigenvalue weighted by Crippen LogP contribution is 2.34. The molecule has 0 spiro atoms. The Morgan fingerprint density at radius 3 is 2.43 bits per heavy atom. The highest BCUT2D eigenvalue weighted by atomic mass is 35.5. The number of amides is 1. The van der Waals surface area contributed by atoms with Gasteiger partial charge in [-0.2, -0.15) is 4.39 Å². The molecule has 10 heteroatoms. The first-order chi connectivity index (χ1) is 14.3. The van der Waals surface area contributed by atoms with E-state index in [0.29, 0.717) is 40.5 Å². The fourth-order valence-electron chi connectivity index (χ4n) is 2.77. The third-order valence-corrected chi connectivity index (χ3v) is 7.63. The number of sulfone groups is 1. The summed E-state index contributed by atoms with van der Waals surface area (Å²) in [6.45, 7) is 0. The van der Waals surface area contributed by atoms with Gasteiger partial charge in [-0.1, -0.05) is 35.1 Å². The lowest BCUT2D eigenvalue weighted by molar-refractivity contribution is -0.123. The van der Waals surface area contributed by atoms with E-state index in [0.717, 1.165) is 0 Å². The lowest BCUT2D eigenvalue weighted by Crippen LogP contribution is -2.25. The smallest absolute Gasteiger partial charge is 0.271 e. The fourth-order valence-corrected chi connectivity index (χ4v) is 5.06. The Labute approximate surface area is 181 Å². The Morgan fingerprint density at radius 1 is 1.20 bits per heavy atom. The van der Waals surface area contributed by atoms with Crippen LogP contribution in [-0.2, 0) is 14.6 Å². The molecule has 3 aromatic rings. The number of carbonyl (C=O) groups excluding carboxylic acids is 1. The summed E-state index contributed by atoms with van der Waals surface area (Å²) in [5.41, 5.74) is 0.429. The first-order valence-electron chi connectivity index (χ1n) is 8.94. The summed E-state index contributed by atoms with van der Waals surface area (Å²) in [6.07, 6.45) is 2.31. The number of thiazole rings is 1. The number of anilines is 1. The first kappa shape index (κ1) is 20.8. The standard InChI is InChI=1S/C20H15ClFN2O4S2/c21-13-3-5-14(6-4-13)28-18(19(25)24-20-23-11-17(22)29-20)12-1-7-15(8-2-12)30(26,27)16-9-10-16/h1-8,16,18H,9-10H2,(H,23,24,25). The van der Waals surface area contributed by atoms with Gasteiger partial charge in [-0.3, -0.25) is 10.1 Å². The van der Waals surface area contributed by atoms with Gasteiger partial charge in [-0.25, -0.2) is 13.4 Å². The molecule has 6 nitrogen and oxygen atoms in total. The van der Waals surface area contributed by atoms with E-state index in [4.69, 9.17) is 16.3 Å². The maximum Gasteiger partial charge on any atom is 0.271 e. The molecule has 4 rings (SSSR count). The van der Waals surface area contributed by atoms with E-state index in [1.54, 1.807) is 24.3 Å². The molecule has 1 aromatic heterocycles. The van der Waals surface area contributed by atoms with E-state index in [2.05, 4.69) is 16.5 Å². The van der Waals surface area contributed by atoms with E-state index >= 15 is 0 Å². The second-order valence-electron chi connectivity index (χ2n) is 6.66. The number of aromatic nitrogens is 1. The predicted octanol–water partition coefficient (Wildman–Crippen LogP) is 4.43. The highest BCUT2D eigenvalue weighted by Gasteiger charge is 2.37. The predicted molar refractivity (Wildman–Crippen MR) is 111 cm³/mol. The summed E-state index contributed by atoms with van der Waals surface area (Å²) < 4.78 is 43.8. The van der Waals surface area contributed by atoms with Crippen molar-refractivity contribution < 1.29 is 22.3 Å². The number of nitrogens with zero attached hydrogens (tertiary/aromatic N) is 1. The minimum Gasteiger partial charge on any atom is -0.476 e. The second-order valence-corrected chi connectivity index (χ2v) is 10.3. The van der Waals surface area contributed by atoms with Gasteiger partial charge < -0.3 is 4.74 Å². The quantitative estimate of drug-likeness (QED) is 0.558. The van der Waals surface area contributed by atoms with Gasteiger partial charge in [0.1, 0.15) is 11.9 Å². The third kappa shape index (κ3) is 4.63. The maximum absolute atomic E-state index is 13.2. The lowest BCUT2D eigenvalue weighted by Gasteiger charge is -2.19. The van der Waals surface area contributed by atoms with E-state index in [1.807, 2.05) is 0 Å². The van der Waals surface area contributed by atoms with Crippen LogP contribution >= 0.6 is 22.9 Å². The SMILES string of the molecule is O=C(Nc1n[c]c(F)s1)C(Oc1ccc(Cl)cc1)c1ccc(S(=O)(=O)C2CC2)cc1. The van der Waals surface area contributed by atoms with Crippen LogP contribution in [0.1, 0.15) is 24.5 Å². The molecule has 2 aromatic carbocycles. The Hall–Kier alpha value is -2.49. The molecule has 0 bridgehead atoms. The van der Waals surface area contributed by atoms with Gasteiger partial charge in [0.15, 0.2) is 15.0 Å². The van der Waals surface area contributed by atoms with Gasteiger partial charge in [0.25, 0.3) is 5.91 Å². The van der Waals surface area contributed by atoms with Crippen molar-refractivity contribution in [3.8, 4) is 5.75 Å². The van der Waals surface area contributed by atoms with Crippen molar-refractivity contribution in [2.45, 2.75) is 29.1 Å². The molecule has 30 heavy (non-hydrogen) atoms. The van der Waals surface area contributed by atoms with Crippen molar-refractivity contribution in [1.29, 1.82) is 0 Å². The molecular weight excluding hydrogens is 451 g/mol. The monoisotopic (exact) mass is 465 g/mol. The van der Waals surface area contributed by atoms with Crippen molar-refractivity contribution >= 4 is 43.8 Å². The van der Waals surface area contributed by atoms with Crippen LogP contribution in [0, 0.1) is 11.3 Å². The van der Waals surface area contributed by atoms with Gasteiger partial charge in [0.05, 0.1) is 10.1 Å². The molecule has 1 radical (unpaired) electrons. The largest absolute Gasteiger partial charge is 0.476 e. The molecule has 1 atom stereocenters. The highest BCUT2D eigenvalue weighted by molar-refractivity contribution is 7.92. The van der Waals surface area contributed by atoms with E-state index in [9.17, 15) is 17.6 Å². The summed E-state index contributed by atoms with van der Waals surface area (Å²) in [5, 5.41) is 2.05. The molecule has 0 saturated heterocycles. The van der Waals surface area contributed by atoms with Gasteiger partial charge in [0, 0.05) is 10.6 Å². The molecule has 155 valence electrons. The van der Waals surface area contributed by atoms with E-state index in [-0.39, 0.29) is 15.3 Å². The zero-order valence-electron chi connectivity index (χ0n) is 15.3. The average molecular weight is 466 g/mol. The number of nitrogens with one attached hydrogen (secondary N) is 1. The van der Waals surface area contributed by atoms with Crippen LogP contribution in [0.15, 0.2) is 53.4 Å².